The highest BCUT2D eigenvalue weighted by Crippen LogP contribution is 2.21. The number of nitrogens with two attached hydrogens (primary N) is 1. The first-order valence-corrected chi connectivity index (χ1v) is 8.07. The summed E-state index contributed by atoms with van der Waals surface area (Å²) >= 11 is 0. The third kappa shape index (κ3) is 3.71. The van der Waals surface area contributed by atoms with Crippen molar-refractivity contribution in [3.8, 4) is 5.75 Å². The summed E-state index contributed by atoms with van der Waals surface area (Å²) in [5.41, 5.74) is 6.67. The van der Waals surface area contributed by atoms with E-state index in [-0.39, 0.29) is 17.6 Å². The minimum atomic E-state index is -2.82. The van der Waals surface area contributed by atoms with Crippen molar-refractivity contribution >= 4 is 9.84 Å². The van der Waals surface area contributed by atoms with Crippen molar-refractivity contribution in [3.63, 3.8) is 0 Å². The Morgan fingerprint density at radius 2 is 2.06 bits per heavy atom. The topological polar surface area (TPSA) is 69.4 Å². The van der Waals surface area contributed by atoms with Gasteiger partial charge in [-0.05, 0) is 43.5 Å². The summed E-state index contributed by atoms with van der Waals surface area (Å²) in [4.78, 5) is 0. The van der Waals surface area contributed by atoms with Crippen LogP contribution in [0, 0.1) is 0 Å². The molecule has 2 rings (SSSR count). The molecule has 1 aromatic carbocycles. The lowest BCUT2D eigenvalue weighted by Gasteiger charge is -2.26. The molecule has 18 heavy (non-hydrogen) atoms. The van der Waals surface area contributed by atoms with Gasteiger partial charge in [0.25, 0.3) is 0 Å². The zero-order valence-electron chi connectivity index (χ0n) is 10.3. The first-order valence-electron chi connectivity index (χ1n) is 6.25. The third-order valence-electron chi connectivity index (χ3n) is 3.00. The van der Waals surface area contributed by atoms with E-state index < -0.39 is 9.84 Å². The van der Waals surface area contributed by atoms with Crippen molar-refractivity contribution in [1.82, 2.24) is 0 Å². The predicted octanol–water partition coefficient (Wildman–Crippen LogP) is 1.14. The molecule has 0 bridgehead atoms. The highest BCUT2D eigenvalue weighted by Gasteiger charge is 2.35. The van der Waals surface area contributed by atoms with E-state index in [2.05, 4.69) is 6.07 Å². The zero-order chi connectivity index (χ0) is 13.0. The van der Waals surface area contributed by atoms with Crippen molar-refractivity contribution in [3.05, 3.63) is 29.8 Å². The van der Waals surface area contributed by atoms with Crippen molar-refractivity contribution in [2.24, 2.45) is 5.73 Å². The van der Waals surface area contributed by atoms with Gasteiger partial charge in [0.1, 0.15) is 11.9 Å². The van der Waals surface area contributed by atoms with E-state index in [0.29, 0.717) is 0 Å². The Bertz CT molecular complexity index is 487. The van der Waals surface area contributed by atoms with E-state index in [0.717, 1.165) is 31.6 Å². The number of rotatable bonds is 6. The van der Waals surface area contributed by atoms with Crippen molar-refractivity contribution in [2.75, 3.05) is 18.1 Å². The van der Waals surface area contributed by atoms with Crippen LogP contribution in [-0.2, 0) is 16.3 Å². The fourth-order valence-corrected chi connectivity index (χ4v) is 3.20. The maximum atomic E-state index is 11.0. The Labute approximate surface area is 108 Å². The summed E-state index contributed by atoms with van der Waals surface area (Å²) in [6, 6.07) is 7.86. The van der Waals surface area contributed by atoms with Crippen LogP contribution in [0.3, 0.4) is 0 Å². The summed E-state index contributed by atoms with van der Waals surface area (Å²) in [5, 5.41) is 0. The van der Waals surface area contributed by atoms with E-state index >= 15 is 0 Å². The zero-order valence-corrected chi connectivity index (χ0v) is 11.2. The number of hydrogen-bond acceptors (Lipinski definition) is 4. The molecule has 0 unspecified atom stereocenters. The van der Waals surface area contributed by atoms with Gasteiger partial charge in [-0.2, -0.15) is 0 Å². The molecule has 1 aromatic rings. The summed E-state index contributed by atoms with van der Waals surface area (Å²) in [6.07, 6.45) is 2.90. The molecule has 0 amide bonds. The third-order valence-corrected chi connectivity index (χ3v) is 4.76. The van der Waals surface area contributed by atoms with Gasteiger partial charge in [0, 0.05) is 0 Å². The first-order chi connectivity index (χ1) is 8.59. The SMILES string of the molecule is NCCCCc1cccc(OC2CS(=O)(=O)C2)c1. The quantitative estimate of drug-likeness (QED) is 0.786. The maximum absolute atomic E-state index is 11.0. The van der Waals surface area contributed by atoms with E-state index in [1.807, 2.05) is 18.2 Å². The Morgan fingerprint density at radius 1 is 1.28 bits per heavy atom. The largest absolute Gasteiger partial charge is 0.488 e. The second kappa shape index (κ2) is 5.71. The summed E-state index contributed by atoms with van der Waals surface area (Å²) in [5.74, 6) is 1.05. The Morgan fingerprint density at radius 3 is 2.72 bits per heavy atom. The highest BCUT2D eigenvalue weighted by atomic mass is 32.2. The van der Waals surface area contributed by atoms with E-state index in [1.54, 1.807) is 0 Å². The average Bonchev–Trinajstić information content (AvgIpc) is 2.27. The number of aryl methyl sites for hydroxylation is 1. The van der Waals surface area contributed by atoms with Crippen LogP contribution < -0.4 is 10.5 Å². The van der Waals surface area contributed by atoms with Gasteiger partial charge in [0.05, 0.1) is 11.5 Å². The van der Waals surface area contributed by atoms with Gasteiger partial charge in [0.15, 0.2) is 9.84 Å². The molecule has 100 valence electrons. The lowest BCUT2D eigenvalue weighted by molar-refractivity contribution is 0.230. The molecule has 1 heterocycles. The number of hydrogen-bond donors (Lipinski definition) is 1. The second-order valence-corrected chi connectivity index (χ2v) is 6.86. The fourth-order valence-electron chi connectivity index (χ4n) is 2.03. The minimum Gasteiger partial charge on any atom is -0.488 e. The monoisotopic (exact) mass is 269 g/mol. The van der Waals surface area contributed by atoms with Crippen LogP contribution in [0.25, 0.3) is 0 Å². The molecule has 0 aromatic heterocycles. The first kappa shape index (κ1) is 13.4. The number of sulfone groups is 1. The Balaban J connectivity index is 1.87. The molecule has 1 saturated heterocycles. The van der Waals surface area contributed by atoms with Crippen LogP contribution in [0.5, 0.6) is 5.75 Å². The standard InChI is InChI=1S/C13H19NO3S/c14-7-2-1-4-11-5-3-6-12(8-11)17-13-9-18(15,16)10-13/h3,5-6,8,13H,1-2,4,7,9-10,14H2. The Kier molecular flexibility index (Phi) is 4.24. The molecule has 1 fully saturated rings. The smallest absolute Gasteiger partial charge is 0.157 e. The van der Waals surface area contributed by atoms with E-state index in [4.69, 9.17) is 10.5 Å². The highest BCUT2D eigenvalue weighted by molar-refractivity contribution is 7.92. The number of benzene rings is 1. The van der Waals surface area contributed by atoms with Crippen LogP contribution in [0.1, 0.15) is 18.4 Å². The van der Waals surface area contributed by atoms with Gasteiger partial charge in [0.2, 0.25) is 0 Å². The molecule has 5 heteroatoms. The summed E-state index contributed by atoms with van der Waals surface area (Å²) < 4.78 is 27.7. The van der Waals surface area contributed by atoms with Gasteiger partial charge >= 0.3 is 0 Å². The molecule has 4 nitrogen and oxygen atoms in total. The number of unbranched alkanes of at least 4 members (excludes halogenated alkanes) is 1. The van der Waals surface area contributed by atoms with Crippen LogP contribution in [-0.4, -0.2) is 32.6 Å². The Hall–Kier alpha value is -1.07. The predicted molar refractivity (Wildman–Crippen MR) is 71.5 cm³/mol. The molecule has 1 aliphatic heterocycles. The minimum absolute atomic E-state index is 0.143. The maximum Gasteiger partial charge on any atom is 0.157 e. The van der Waals surface area contributed by atoms with Crippen LogP contribution >= 0.6 is 0 Å². The molecule has 0 saturated carbocycles. The molecule has 0 radical (unpaired) electrons. The molecule has 0 aliphatic carbocycles. The lowest BCUT2D eigenvalue weighted by Crippen LogP contribution is -2.45. The molecular weight excluding hydrogens is 250 g/mol. The summed E-state index contributed by atoms with van der Waals surface area (Å²) in [7, 11) is -2.82. The average molecular weight is 269 g/mol. The normalized spacial score (nSPS) is 18.3. The molecule has 0 atom stereocenters. The molecule has 0 spiro atoms. The van der Waals surface area contributed by atoms with Gasteiger partial charge in [-0.1, -0.05) is 12.1 Å². The van der Waals surface area contributed by atoms with Crippen LogP contribution in [0.4, 0.5) is 0 Å². The van der Waals surface area contributed by atoms with Gasteiger partial charge in [-0.3, -0.25) is 0 Å². The number of ether oxygens (including phenoxy) is 1. The summed E-state index contributed by atoms with van der Waals surface area (Å²) in [6.45, 7) is 0.718. The lowest BCUT2D eigenvalue weighted by atomic mass is 10.1. The molecular formula is C13H19NO3S. The van der Waals surface area contributed by atoms with Crippen LogP contribution in [0.15, 0.2) is 24.3 Å². The second-order valence-electron chi connectivity index (χ2n) is 4.71. The fraction of sp³-hybridized carbons (Fsp3) is 0.538. The van der Waals surface area contributed by atoms with Gasteiger partial charge in [-0.15, -0.1) is 0 Å². The van der Waals surface area contributed by atoms with Crippen molar-refractivity contribution in [2.45, 2.75) is 25.4 Å². The molecule has 2 N–H and O–H groups in total. The van der Waals surface area contributed by atoms with Gasteiger partial charge in [-0.25, -0.2) is 8.42 Å². The van der Waals surface area contributed by atoms with Crippen molar-refractivity contribution < 1.29 is 13.2 Å². The van der Waals surface area contributed by atoms with Gasteiger partial charge < -0.3 is 10.5 Å². The van der Waals surface area contributed by atoms with Crippen molar-refractivity contribution in [1.29, 1.82) is 0 Å². The molecule has 1 aliphatic rings. The van der Waals surface area contributed by atoms with E-state index in [1.165, 1.54) is 5.56 Å². The van der Waals surface area contributed by atoms with E-state index in [9.17, 15) is 8.42 Å². The van der Waals surface area contributed by atoms with Crippen LogP contribution in [0.2, 0.25) is 0 Å².